The molecule has 0 radical (unpaired) electrons. The molecule has 0 amide bonds. The summed E-state index contributed by atoms with van der Waals surface area (Å²) in [5.41, 5.74) is 0.00775. The summed E-state index contributed by atoms with van der Waals surface area (Å²) in [4.78, 5) is 16.8. The molecule has 0 unspecified atom stereocenters. The van der Waals surface area contributed by atoms with Crippen molar-refractivity contribution in [2.75, 3.05) is 0 Å². The minimum absolute atomic E-state index is 0. The predicted octanol–water partition coefficient (Wildman–Crippen LogP) is 4.67. The van der Waals surface area contributed by atoms with E-state index in [9.17, 15) is 0 Å². The van der Waals surface area contributed by atoms with Crippen LogP contribution in [0.4, 0.5) is 0 Å². The largest absolute Gasteiger partial charge is 0.289 e. The third-order valence-corrected chi connectivity index (χ3v) is 1.83. The first-order valence-electron chi connectivity index (χ1n) is 7.97. The van der Waals surface area contributed by atoms with Crippen LogP contribution in [0.2, 0.25) is 0 Å². The fourth-order valence-electron chi connectivity index (χ4n) is 0.935. The fourth-order valence-corrected chi connectivity index (χ4v) is 0.935. The van der Waals surface area contributed by atoms with Crippen LogP contribution in [0.25, 0.3) is 0 Å². The second-order valence-electron chi connectivity index (χ2n) is 7.68. The molecular weight excluding hydrogens is 328 g/mol. The van der Waals surface area contributed by atoms with Crippen LogP contribution in [-0.4, -0.2) is 48.0 Å². The SMILES string of the molecule is CC(C)(C)N=CC=NC(C)(C)C.CC(C)N=CC=NC(C)C.[Fe]. The molecule has 0 atom stereocenters. The minimum atomic E-state index is 0. The van der Waals surface area contributed by atoms with Gasteiger partial charge in [-0.25, -0.2) is 0 Å². The summed E-state index contributed by atoms with van der Waals surface area (Å²) >= 11 is 0. The molecule has 0 aliphatic rings. The summed E-state index contributed by atoms with van der Waals surface area (Å²) in [7, 11) is 0. The van der Waals surface area contributed by atoms with Gasteiger partial charge in [-0.3, -0.25) is 20.0 Å². The van der Waals surface area contributed by atoms with Crippen LogP contribution < -0.4 is 0 Å². The number of aliphatic imine (C=N–C) groups is 4. The van der Waals surface area contributed by atoms with Crippen molar-refractivity contribution in [1.29, 1.82) is 0 Å². The molecular formula is C18H36FeN4. The van der Waals surface area contributed by atoms with E-state index in [1.807, 2.05) is 27.7 Å². The van der Waals surface area contributed by atoms with Gasteiger partial charge < -0.3 is 0 Å². The van der Waals surface area contributed by atoms with Crippen LogP contribution in [0, 0.1) is 0 Å². The zero-order valence-electron chi connectivity index (χ0n) is 16.6. The Kier molecular flexibility index (Phi) is 16.0. The van der Waals surface area contributed by atoms with E-state index in [2.05, 4.69) is 61.5 Å². The van der Waals surface area contributed by atoms with Gasteiger partial charge in [0, 0.05) is 54.0 Å². The molecule has 0 aromatic carbocycles. The molecule has 0 aliphatic heterocycles. The summed E-state index contributed by atoms with van der Waals surface area (Å²) in [6, 6.07) is 0.747. The van der Waals surface area contributed by atoms with Crippen molar-refractivity contribution in [2.24, 2.45) is 20.0 Å². The number of hydrogen-bond acceptors (Lipinski definition) is 4. The van der Waals surface area contributed by atoms with Gasteiger partial charge in [0.15, 0.2) is 0 Å². The average molecular weight is 364 g/mol. The Hall–Kier alpha value is -0.801. The molecule has 0 bridgehead atoms. The summed E-state index contributed by atoms with van der Waals surface area (Å²) in [6.45, 7) is 20.5. The van der Waals surface area contributed by atoms with Gasteiger partial charge >= 0.3 is 0 Å². The molecule has 136 valence electrons. The van der Waals surface area contributed by atoms with Crippen molar-refractivity contribution in [3.05, 3.63) is 0 Å². The first-order chi connectivity index (χ1) is 9.83. The molecule has 5 heteroatoms. The van der Waals surface area contributed by atoms with Crippen molar-refractivity contribution in [1.82, 2.24) is 0 Å². The topological polar surface area (TPSA) is 49.4 Å². The zero-order chi connectivity index (χ0) is 17.8. The molecule has 0 heterocycles. The Morgan fingerprint density at radius 1 is 0.565 bits per heavy atom. The fraction of sp³-hybridized carbons (Fsp3) is 0.778. The van der Waals surface area contributed by atoms with Crippen molar-refractivity contribution < 1.29 is 17.1 Å². The van der Waals surface area contributed by atoms with Crippen molar-refractivity contribution in [2.45, 2.75) is 92.4 Å². The van der Waals surface area contributed by atoms with Crippen molar-refractivity contribution in [3.63, 3.8) is 0 Å². The van der Waals surface area contributed by atoms with Crippen molar-refractivity contribution in [3.8, 4) is 0 Å². The maximum atomic E-state index is 4.29. The Morgan fingerprint density at radius 2 is 0.826 bits per heavy atom. The molecule has 4 nitrogen and oxygen atoms in total. The van der Waals surface area contributed by atoms with E-state index in [-0.39, 0.29) is 28.1 Å². The van der Waals surface area contributed by atoms with E-state index < -0.39 is 0 Å². The van der Waals surface area contributed by atoms with E-state index in [0.717, 1.165) is 0 Å². The Bertz CT molecular complexity index is 343. The number of rotatable bonds is 4. The Labute approximate surface area is 154 Å². The first-order valence-corrected chi connectivity index (χ1v) is 7.97. The smallest absolute Gasteiger partial charge is 0.0524 e. The second-order valence-corrected chi connectivity index (χ2v) is 7.68. The molecule has 0 saturated heterocycles. The molecule has 0 saturated carbocycles. The normalized spacial score (nSPS) is 13.4. The molecule has 0 aromatic rings. The molecule has 0 rings (SSSR count). The van der Waals surface area contributed by atoms with Gasteiger partial charge in [-0.05, 0) is 69.2 Å². The molecule has 0 spiro atoms. The van der Waals surface area contributed by atoms with Gasteiger partial charge in [0.25, 0.3) is 0 Å². The van der Waals surface area contributed by atoms with E-state index in [0.29, 0.717) is 12.1 Å². The minimum Gasteiger partial charge on any atom is -0.289 e. The molecule has 0 N–H and O–H groups in total. The molecule has 0 aromatic heterocycles. The Balaban J connectivity index is -0.000000338. The van der Waals surface area contributed by atoms with E-state index in [4.69, 9.17) is 0 Å². The third kappa shape index (κ3) is 33.8. The summed E-state index contributed by atoms with van der Waals surface area (Å²) < 4.78 is 0. The van der Waals surface area contributed by atoms with Gasteiger partial charge in [-0.1, -0.05) is 0 Å². The summed E-state index contributed by atoms with van der Waals surface area (Å²) in [5, 5.41) is 0. The second kappa shape index (κ2) is 13.6. The first kappa shape index (κ1) is 27.1. The number of hydrogen-bond donors (Lipinski definition) is 0. The average Bonchev–Trinajstić information content (AvgIpc) is 2.28. The van der Waals surface area contributed by atoms with Gasteiger partial charge in [0.2, 0.25) is 0 Å². The van der Waals surface area contributed by atoms with E-state index >= 15 is 0 Å². The van der Waals surface area contributed by atoms with Gasteiger partial charge in [0.1, 0.15) is 0 Å². The van der Waals surface area contributed by atoms with Crippen molar-refractivity contribution >= 4 is 24.9 Å². The summed E-state index contributed by atoms with van der Waals surface area (Å²) in [6.07, 6.45) is 7.05. The van der Waals surface area contributed by atoms with Crippen LogP contribution in [0.15, 0.2) is 20.0 Å². The molecule has 0 aliphatic carbocycles. The standard InChI is InChI=1S/C10H20N2.C8H16N2.Fe/c1-9(2,3)11-7-8-12-10(4,5)6;1-7(2)9-5-6-10-8(3)4;/h7-8H,1-6H3;5-8H,1-4H3;. The third-order valence-electron chi connectivity index (χ3n) is 1.83. The van der Waals surface area contributed by atoms with E-state index in [1.165, 1.54) is 0 Å². The van der Waals surface area contributed by atoms with E-state index in [1.54, 1.807) is 24.9 Å². The van der Waals surface area contributed by atoms with Gasteiger partial charge in [-0.15, -0.1) is 0 Å². The zero-order valence-corrected chi connectivity index (χ0v) is 17.7. The monoisotopic (exact) mass is 364 g/mol. The Morgan fingerprint density at radius 3 is 1.00 bits per heavy atom. The van der Waals surface area contributed by atoms with Crippen LogP contribution in [0.3, 0.4) is 0 Å². The molecule has 23 heavy (non-hydrogen) atoms. The van der Waals surface area contributed by atoms with Crippen LogP contribution in [-0.2, 0) is 17.1 Å². The summed E-state index contributed by atoms with van der Waals surface area (Å²) in [5.74, 6) is 0. The predicted molar refractivity (Wildman–Crippen MR) is 104 cm³/mol. The quantitative estimate of drug-likeness (QED) is 0.514. The number of nitrogens with zero attached hydrogens (tertiary/aromatic N) is 4. The molecule has 0 fully saturated rings. The van der Waals surface area contributed by atoms with Gasteiger partial charge in [-0.2, -0.15) is 0 Å². The van der Waals surface area contributed by atoms with Crippen LogP contribution in [0.1, 0.15) is 69.2 Å². The van der Waals surface area contributed by atoms with Crippen LogP contribution >= 0.6 is 0 Å². The maximum Gasteiger partial charge on any atom is 0.0524 e. The van der Waals surface area contributed by atoms with Crippen LogP contribution in [0.5, 0.6) is 0 Å². The maximum absolute atomic E-state index is 4.29. The van der Waals surface area contributed by atoms with Gasteiger partial charge in [0.05, 0.1) is 11.1 Å².